The van der Waals surface area contributed by atoms with Gasteiger partial charge in [0.05, 0.1) is 5.69 Å². The Kier molecular flexibility index (Phi) is 3.79. The standard InChI is InChI=1S/C12H12BrFN2S/c1-2-10-11(17-12(15)16-10)5-7-3-4-8(13)6-9(7)14/h3-4,6H,2,5H2,1H3,(H2,15,16). The maximum absolute atomic E-state index is 13.7. The lowest BCUT2D eigenvalue weighted by molar-refractivity contribution is 0.613. The quantitative estimate of drug-likeness (QED) is 0.936. The van der Waals surface area contributed by atoms with E-state index in [9.17, 15) is 4.39 Å². The maximum atomic E-state index is 13.7. The molecule has 2 nitrogen and oxygen atoms in total. The second-order valence-corrected chi connectivity index (χ2v) is 5.72. The first-order valence-corrected chi connectivity index (χ1v) is 6.89. The predicted octanol–water partition coefficient (Wildman–Crippen LogP) is 3.78. The van der Waals surface area contributed by atoms with Crippen molar-refractivity contribution in [3.8, 4) is 0 Å². The molecule has 5 heteroatoms. The van der Waals surface area contributed by atoms with Crippen LogP contribution in [0, 0.1) is 5.82 Å². The number of aromatic nitrogens is 1. The lowest BCUT2D eigenvalue weighted by Crippen LogP contribution is -1.94. The van der Waals surface area contributed by atoms with Crippen molar-refractivity contribution in [2.24, 2.45) is 0 Å². The van der Waals surface area contributed by atoms with Crippen LogP contribution in [0.3, 0.4) is 0 Å². The smallest absolute Gasteiger partial charge is 0.180 e. The Labute approximate surface area is 112 Å². The fourth-order valence-corrected chi connectivity index (χ4v) is 2.93. The summed E-state index contributed by atoms with van der Waals surface area (Å²) >= 11 is 4.68. The van der Waals surface area contributed by atoms with E-state index in [-0.39, 0.29) is 5.82 Å². The molecule has 0 spiro atoms. The number of rotatable bonds is 3. The minimum atomic E-state index is -0.201. The van der Waals surface area contributed by atoms with E-state index in [0.29, 0.717) is 17.1 Å². The topological polar surface area (TPSA) is 38.9 Å². The van der Waals surface area contributed by atoms with Crippen LogP contribution in [0.5, 0.6) is 0 Å². The van der Waals surface area contributed by atoms with Crippen molar-refractivity contribution in [2.75, 3.05) is 5.73 Å². The number of benzene rings is 1. The fourth-order valence-electron chi connectivity index (χ4n) is 1.66. The Morgan fingerprint density at radius 3 is 2.88 bits per heavy atom. The SMILES string of the molecule is CCc1nc(N)sc1Cc1ccc(Br)cc1F. The van der Waals surface area contributed by atoms with E-state index in [2.05, 4.69) is 20.9 Å². The number of hydrogen-bond donors (Lipinski definition) is 1. The first-order valence-electron chi connectivity index (χ1n) is 5.28. The van der Waals surface area contributed by atoms with Gasteiger partial charge < -0.3 is 5.73 Å². The summed E-state index contributed by atoms with van der Waals surface area (Å²) in [4.78, 5) is 5.28. The van der Waals surface area contributed by atoms with Crippen LogP contribution in [0.15, 0.2) is 22.7 Å². The molecule has 0 amide bonds. The van der Waals surface area contributed by atoms with Crippen LogP contribution in [0.2, 0.25) is 0 Å². The van der Waals surface area contributed by atoms with Crippen molar-refractivity contribution in [3.05, 3.63) is 44.6 Å². The van der Waals surface area contributed by atoms with E-state index in [4.69, 9.17) is 5.73 Å². The fraction of sp³-hybridized carbons (Fsp3) is 0.250. The highest BCUT2D eigenvalue weighted by Gasteiger charge is 2.11. The second kappa shape index (κ2) is 5.14. The molecule has 0 bridgehead atoms. The number of thiazole rings is 1. The summed E-state index contributed by atoms with van der Waals surface area (Å²) in [6.07, 6.45) is 1.37. The molecule has 2 aromatic rings. The van der Waals surface area contributed by atoms with Crippen LogP contribution in [-0.2, 0) is 12.8 Å². The summed E-state index contributed by atoms with van der Waals surface area (Å²) in [5.41, 5.74) is 7.32. The van der Waals surface area contributed by atoms with Gasteiger partial charge in [-0.05, 0) is 24.1 Å². The summed E-state index contributed by atoms with van der Waals surface area (Å²) in [5.74, 6) is -0.201. The first kappa shape index (κ1) is 12.5. The number of nitrogen functional groups attached to an aromatic ring is 1. The zero-order valence-electron chi connectivity index (χ0n) is 9.34. The number of hydrogen-bond acceptors (Lipinski definition) is 3. The first-order chi connectivity index (χ1) is 8.10. The summed E-state index contributed by atoms with van der Waals surface area (Å²) in [6, 6.07) is 5.11. The number of nitrogens with two attached hydrogens (primary N) is 1. The molecule has 0 aliphatic carbocycles. The van der Waals surface area contributed by atoms with Crippen molar-refractivity contribution in [1.29, 1.82) is 0 Å². The predicted molar refractivity (Wildman–Crippen MR) is 72.8 cm³/mol. The minimum Gasteiger partial charge on any atom is -0.375 e. The molecule has 1 aromatic carbocycles. The van der Waals surface area contributed by atoms with Crippen LogP contribution >= 0.6 is 27.3 Å². The average Bonchev–Trinajstić information content (AvgIpc) is 2.63. The van der Waals surface area contributed by atoms with Crippen LogP contribution < -0.4 is 5.73 Å². The second-order valence-electron chi connectivity index (χ2n) is 3.69. The van der Waals surface area contributed by atoms with Gasteiger partial charge in [-0.15, -0.1) is 11.3 Å². The molecule has 1 aromatic heterocycles. The Balaban J connectivity index is 2.30. The molecule has 1 heterocycles. The number of nitrogens with zero attached hydrogens (tertiary/aromatic N) is 1. The van der Waals surface area contributed by atoms with Gasteiger partial charge in [-0.3, -0.25) is 0 Å². The average molecular weight is 315 g/mol. The molecule has 0 unspecified atom stereocenters. The summed E-state index contributed by atoms with van der Waals surface area (Å²) in [6.45, 7) is 2.02. The Morgan fingerprint density at radius 2 is 2.24 bits per heavy atom. The molecule has 0 atom stereocenters. The monoisotopic (exact) mass is 314 g/mol. The summed E-state index contributed by atoms with van der Waals surface area (Å²) in [5, 5.41) is 0.550. The van der Waals surface area contributed by atoms with Crippen molar-refractivity contribution < 1.29 is 4.39 Å². The molecule has 0 aliphatic rings. The van der Waals surface area contributed by atoms with Gasteiger partial charge in [0.2, 0.25) is 0 Å². The van der Waals surface area contributed by atoms with Crippen molar-refractivity contribution >= 4 is 32.4 Å². The molecular formula is C12H12BrFN2S. The third-order valence-corrected chi connectivity index (χ3v) is 3.92. The normalized spacial score (nSPS) is 10.8. The van der Waals surface area contributed by atoms with Gasteiger partial charge in [0.1, 0.15) is 5.82 Å². The third kappa shape index (κ3) is 2.84. The van der Waals surface area contributed by atoms with Gasteiger partial charge in [0, 0.05) is 15.8 Å². The van der Waals surface area contributed by atoms with Gasteiger partial charge in [0.15, 0.2) is 5.13 Å². The lowest BCUT2D eigenvalue weighted by atomic mass is 10.1. The largest absolute Gasteiger partial charge is 0.375 e. The molecule has 0 aliphatic heterocycles. The highest BCUT2D eigenvalue weighted by molar-refractivity contribution is 9.10. The van der Waals surface area contributed by atoms with Crippen molar-refractivity contribution in [1.82, 2.24) is 4.98 Å². The highest BCUT2D eigenvalue weighted by Crippen LogP contribution is 2.26. The van der Waals surface area contributed by atoms with Crippen molar-refractivity contribution in [3.63, 3.8) is 0 Å². The van der Waals surface area contributed by atoms with Gasteiger partial charge in [-0.25, -0.2) is 9.37 Å². The zero-order valence-corrected chi connectivity index (χ0v) is 11.7. The summed E-state index contributed by atoms with van der Waals surface area (Å²) in [7, 11) is 0. The van der Waals surface area contributed by atoms with Gasteiger partial charge >= 0.3 is 0 Å². The van der Waals surface area contributed by atoms with Gasteiger partial charge in [-0.2, -0.15) is 0 Å². The van der Waals surface area contributed by atoms with Crippen LogP contribution in [0.25, 0.3) is 0 Å². The van der Waals surface area contributed by atoms with E-state index in [0.717, 1.165) is 21.5 Å². The van der Waals surface area contributed by atoms with Crippen LogP contribution in [-0.4, -0.2) is 4.98 Å². The third-order valence-electron chi connectivity index (χ3n) is 2.50. The number of anilines is 1. The molecule has 0 fully saturated rings. The molecule has 17 heavy (non-hydrogen) atoms. The number of halogens is 2. The molecule has 2 N–H and O–H groups in total. The zero-order chi connectivity index (χ0) is 12.4. The van der Waals surface area contributed by atoms with Gasteiger partial charge in [0.25, 0.3) is 0 Å². The minimum absolute atomic E-state index is 0.201. The van der Waals surface area contributed by atoms with E-state index in [1.54, 1.807) is 6.07 Å². The highest BCUT2D eigenvalue weighted by atomic mass is 79.9. The molecule has 0 saturated carbocycles. The Morgan fingerprint density at radius 1 is 1.47 bits per heavy atom. The van der Waals surface area contributed by atoms with Crippen LogP contribution in [0.4, 0.5) is 9.52 Å². The van der Waals surface area contributed by atoms with Crippen LogP contribution in [0.1, 0.15) is 23.1 Å². The molecule has 0 radical (unpaired) electrons. The van der Waals surface area contributed by atoms with Crippen molar-refractivity contribution in [2.45, 2.75) is 19.8 Å². The molecule has 0 saturated heterocycles. The Hall–Kier alpha value is -0.940. The molecular weight excluding hydrogens is 303 g/mol. The summed E-state index contributed by atoms with van der Waals surface area (Å²) < 4.78 is 14.4. The van der Waals surface area contributed by atoms with E-state index >= 15 is 0 Å². The molecule has 90 valence electrons. The maximum Gasteiger partial charge on any atom is 0.180 e. The van der Waals surface area contributed by atoms with E-state index < -0.39 is 0 Å². The Bertz CT molecular complexity index is 539. The number of aryl methyl sites for hydroxylation is 1. The van der Waals surface area contributed by atoms with E-state index in [1.807, 2.05) is 13.0 Å². The van der Waals surface area contributed by atoms with Gasteiger partial charge in [-0.1, -0.05) is 28.9 Å². The molecule has 2 rings (SSSR count). The lowest BCUT2D eigenvalue weighted by Gasteiger charge is -2.03. The van der Waals surface area contributed by atoms with E-state index in [1.165, 1.54) is 17.4 Å².